The molecule has 3 aromatic rings. The van der Waals surface area contributed by atoms with Crippen molar-refractivity contribution in [3.05, 3.63) is 59.2 Å². The Morgan fingerprint density at radius 3 is 2.52 bits per heavy atom. The molecule has 0 atom stereocenters. The molecule has 0 saturated carbocycles. The first-order valence-electron chi connectivity index (χ1n) is 9.83. The Labute approximate surface area is 175 Å². The number of unbranched alkanes of at least 4 members (excludes halogenated alkanes) is 1. The molecule has 1 heterocycles. The van der Waals surface area contributed by atoms with E-state index in [0.29, 0.717) is 18.2 Å². The summed E-state index contributed by atoms with van der Waals surface area (Å²) in [7, 11) is 0. The lowest BCUT2D eigenvalue weighted by atomic mass is 10.1. The summed E-state index contributed by atoms with van der Waals surface area (Å²) in [6, 6.07) is 14.0. The van der Waals surface area contributed by atoms with E-state index in [1.54, 1.807) is 18.2 Å². The molecule has 0 unspecified atom stereocenters. The Bertz CT molecular complexity index is 969. The summed E-state index contributed by atoms with van der Waals surface area (Å²) in [6.07, 6.45) is 1.99. The van der Waals surface area contributed by atoms with Crippen LogP contribution in [-0.4, -0.2) is 17.5 Å². The van der Waals surface area contributed by atoms with Gasteiger partial charge in [-0.1, -0.05) is 25.5 Å². The summed E-state index contributed by atoms with van der Waals surface area (Å²) in [6.45, 7) is 6.54. The maximum absolute atomic E-state index is 14.5. The Morgan fingerprint density at radius 2 is 1.86 bits per heavy atom. The highest BCUT2D eigenvalue weighted by molar-refractivity contribution is 7.16. The normalized spacial score (nSPS) is 10.8. The molecule has 0 fully saturated rings. The van der Waals surface area contributed by atoms with Crippen molar-refractivity contribution in [3.63, 3.8) is 0 Å². The third kappa shape index (κ3) is 4.82. The Hall–Kier alpha value is -2.73. The minimum Gasteiger partial charge on any atom is -0.494 e. The van der Waals surface area contributed by atoms with E-state index in [1.807, 2.05) is 45.0 Å². The molecular weight excluding hydrogens is 387 g/mol. The zero-order valence-corrected chi connectivity index (χ0v) is 17.8. The maximum atomic E-state index is 14.5. The standard InChI is InChI=1S/C23H25FN2O2S/c1-4-6-11-21(27)26(20-10-8-7-9-19(20)24)23-25-22(16(3)29-23)17-12-14-18(15-13-17)28-5-2/h7-10,12-15H,4-6,11H2,1-3H3. The summed E-state index contributed by atoms with van der Waals surface area (Å²) in [5, 5.41) is 0.484. The van der Waals surface area contributed by atoms with E-state index in [4.69, 9.17) is 9.72 Å². The lowest BCUT2D eigenvalue weighted by Gasteiger charge is -2.20. The number of rotatable bonds is 8. The van der Waals surface area contributed by atoms with Crippen LogP contribution < -0.4 is 9.64 Å². The number of para-hydroxylation sites is 1. The van der Waals surface area contributed by atoms with Crippen LogP contribution in [0.1, 0.15) is 38.0 Å². The predicted octanol–water partition coefficient (Wildman–Crippen LogP) is 6.51. The molecule has 2 aromatic carbocycles. The van der Waals surface area contributed by atoms with Gasteiger partial charge in [0, 0.05) is 16.9 Å². The van der Waals surface area contributed by atoms with Gasteiger partial charge < -0.3 is 4.74 Å². The van der Waals surface area contributed by atoms with Gasteiger partial charge in [0.1, 0.15) is 11.6 Å². The SMILES string of the molecule is CCCCC(=O)N(c1nc(-c2ccc(OCC)cc2)c(C)s1)c1ccccc1F. The molecule has 0 aliphatic heterocycles. The van der Waals surface area contributed by atoms with Crippen LogP contribution in [0.4, 0.5) is 15.2 Å². The molecule has 4 nitrogen and oxygen atoms in total. The van der Waals surface area contributed by atoms with Gasteiger partial charge in [0.05, 0.1) is 18.0 Å². The van der Waals surface area contributed by atoms with Crippen molar-refractivity contribution in [2.24, 2.45) is 0 Å². The van der Waals surface area contributed by atoms with Crippen molar-refractivity contribution in [1.29, 1.82) is 0 Å². The van der Waals surface area contributed by atoms with E-state index in [9.17, 15) is 9.18 Å². The van der Waals surface area contributed by atoms with Crippen LogP contribution >= 0.6 is 11.3 Å². The van der Waals surface area contributed by atoms with E-state index in [1.165, 1.54) is 22.3 Å². The minimum atomic E-state index is -0.437. The second-order valence-electron chi connectivity index (χ2n) is 6.64. The molecule has 0 bridgehead atoms. The summed E-state index contributed by atoms with van der Waals surface area (Å²) in [5.74, 6) is 0.212. The molecule has 0 spiro atoms. The second-order valence-corrected chi connectivity index (χ2v) is 7.82. The van der Waals surface area contributed by atoms with Crippen LogP contribution in [0.25, 0.3) is 11.3 Å². The number of carbonyl (C=O) groups excluding carboxylic acids is 1. The molecule has 6 heteroatoms. The van der Waals surface area contributed by atoms with E-state index in [2.05, 4.69) is 0 Å². The first kappa shape index (κ1) is 21.0. The van der Waals surface area contributed by atoms with Crippen molar-refractivity contribution in [1.82, 2.24) is 4.98 Å². The number of aromatic nitrogens is 1. The number of hydrogen-bond acceptors (Lipinski definition) is 4. The second kappa shape index (κ2) is 9.65. The average Bonchev–Trinajstić information content (AvgIpc) is 3.10. The highest BCUT2D eigenvalue weighted by atomic mass is 32.1. The lowest BCUT2D eigenvalue weighted by molar-refractivity contribution is -0.118. The number of thiazole rings is 1. The first-order valence-corrected chi connectivity index (χ1v) is 10.6. The number of hydrogen-bond donors (Lipinski definition) is 0. The summed E-state index contributed by atoms with van der Waals surface area (Å²) >= 11 is 1.39. The van der Waals surface area contributed by atoms with Crippen molar-refractivity contribution >= 4 is 28.1 Å². The fourth-order valence-corrected chi connectivity index (χ4v) is 4.00. The van der Waals surface area contributed by atoms with Crippen molar-refractivity contribution in [2.75, 3.05) is 11.5 Å². The molecule has 152 valence electrons. The third-order valence-electron chi connectivity index (χ3n) is 4.50. The third-order valence-corrected chi connectivity index (χ3v) is 5.46. The minimum absolute atomic E-state index is 0.149. The van der Waals surface area contributed by atoms with Crippen LogP contribution in [0.15, 0.2) is 48.5 Å². The number of nitrogens with zero attached hydrogens (tertiary/aromatic N) is 2. The fourth-order valence-electron chi connectivity index (χ4n) is 3.04. The number of aryl methyl sites for hydroxylation is 1. The van der Waals surface area contributed by atoms with Crippen molar-refractivity contribution in [2.45, 2.75) is 40.0 Å². The maximum Gasteiger partial charge on any atom is 0.233 e. The molecular formula is C23H25FN2O2S. The summed E-state index contributed by atoms with van der Waals surface area (Å²) in [4.78, 5) is 20.0. The molecule has 1 amide bonds. The summed E-state index contributed by atoms with van der Waals surface area (Å²) in [5.41, 5.74) is 1.96. The number of benzene rings is 2. The number of anilines is 2. The quantitative estimate of drug-likeness (QED) is 0.423. The number of halogens is 1. The molecule has 0 radical (unpaired) electrons. The molecule has 0 aliphatic rings. The first-order chi connectivity index (χ1) is 14.0. The zero-order chi connectivity index (χ0) is 20.8. The van der Waals surface area contributed by atoms with Crippen LogP contribution in [-0.2, 0) is 4.79 Å². The molecule has 29 heavy (non-hydrogen) atoms. The van der Waals surface area contributed by atoms with Crippen LogP contribution in [0.3, 0.4) is 0 Å². The Balaban J connectivity index is 2.00. The van der Waals surface area contributed by atoms with E-state index >= 15 is 0 Å². The van der Waals surface area contributed by atoms with Gasteiger partial charge in [-0.15, -0.1) is 11.3 Å². The topological polar surface area (TPSA) is 42.4 Å². The zero-order valence-electron chi connectivity index (χ0n) is 16.9. The smallest absolute Gasteiger partial charge is 0.233 e. The van der Waals surface area contributed by atoms with Gasteiger partial charge in [-0.3, -0.25) is 9.69 Å². The average molecular weight is 413 g/mol. The predicted molar refractivity (Wildman–Crippen MR) is 117 cm³/mol. The van der Waals surface area contributed by atoms with Crippen LogP contribution in [0.5, 0.6) is 5.75 Å². The van der Waals surface area contributed by atoms with E-state index in [0.717, 1.165) is 34.7 Å². The molecule has 0 aliphatic carbocycles. The molecule has 0 N–H and O–H groups in total. The monoisotopic (exact) mass is 412 g/mol. The van der Waals surface area contributed by atoms with Gasteiger partial charge in [0.25, 0.3) is 0 Å². The molecule has 0 saturated heterocycles. The van der Waals surface area contributed by atoms with Crippen LogP contribution in [0.2, 0.25) is 0 Å². The summed E-state index contributed by atoms with van der Waals surface area (Å²) < 4.78 is 20.0. The van der Waals surface area contributed by atoms with Gasteiger partial charge in [-0.25, -0.2) is 9.37 Å². The number of amides is 1. The number of carbonyl (C=O) groups is 1. The Morgan fingerprint density at radius 1 is 1.14 bits per heavy atom. The van der Waals surface area contributed by atoms with Crippen molar-refractivity contribution < 1.29 is 13.9 Å². The van der Waals surface area contributed by atoms with Crippen molar-refractivity contribution in [3.8, 4) is 17.0 Å². The highest BCUT2D eigenvalue weighted by Crippen LogP contribution is 2.37. The fraction of sp³-hybridized carbons (Fsp3) is 0.304. The van der Waals surface area contributed by atoms with Crippen LogP contribution in [0, 0.1) is 12.7 Å². The lowest BCUT2D eigenvalue weighted by Crippen LogP contribution is -2.26. The Kier molecular flexibility index (Phi) is 6.99. The van der Waals surface area contributed by atoms with Gasteiger partial charge in [0.2, 0.25) is 5.91 Å². The molecule has 3 rings (SSSR count). The van der Waals surface area contributed by atoms with E-state index < -0.39 is 5.82 Å². The largest absolute Gasteiger partial charge is 0.494 e. The highest BCUT2D eigenvalue weighted by Gasteiger charge is 2.25. The van der Waals surface area contributed by atoms with E-state index in [-0.39, 0.29) is 11.6 Å². The van der Waals surface area contributed by atoms with Gasteiger partial charge >= 0.3 is 0 Å². The number of ether oxygens (including phenoxy) is 1. The van der Waals surface area contributed by atoms with Gasteiger partial charge in [0.15, 0.2) is 5.13 Å². The molecule has 1 aromatic heterocycles. The van der Waals surface area contributed by atoms with Gasteiger partial charge in [-0.2, -0.15) is 0 Å². The van der Waals surface area contributed by atoms with Gasteiger partial charge in [-0.05, 0) is 56.7 Å².